The smallest absolute Gasteiger partial charge is 0.264 e. The Kier molecular flexibility index (Phi) is 9.17. The van der Waals surface area contributed by atoms with Crippen molar-refractivity contribution in [2.24, 2.45) is 0 Å². The second-order valence-corrected chi connectivity index (χ2v) is 12.5. The van der Waals surface area contributed by atoms with Crippen LogP contribution in [0, 0.1) is 11.3 Å². The quantitative estimate of drug-likeness (QED) is 0.169. The Balaban J connectivity index is 1.19. The molecule has 0 bridgehead atoms. The number of halogens is 2. The largest absolute Gasteiger partial charge is 0.368 e. The molecule has 7 nitrogen and oxygen atoms in total. The Morgan fingerprint density at radius 3 is 2.34 bits per heavy atom. The molecule has 0 aliphatic carbocycles. The molecule has 10 heteroatoms. The molecule has 5 aromatic rings. The van der Waals surface area contributed by atoms with E-state index in [1.54, 1.807) is 0 Å². The Morgan fingerprint density at radius 1 is 0.909 bits per heavy atom. The Labute approximate surface area is 271 Å². The minimum absolute atomic E-state index is 0.117. The number of benzene rings is 3. The topological polar surface area (TPSA) is 68.4 Å². The average molecular weight is 642 g/mol. The van der Waals surface area contributed by atoms with E-state index in [1.807, 2.05) is 77.4 Å². The molecule has 1 fully saturated rings. The number of amides is 1. The summed E-state index contributed by atoms with van der Waals surface area (Å²) in [7, 11) is 0. The lowest BCUT2D eigenvalue weighted by atomic mass is 10.1. The molecule has 0 saturated carbocycles. The molecule has 0 unspecified atom stereocenters. The van der Waals surface area contributed by atoms with E-state index in [2.05, 4.69) is 49.7 Å². The first-order valence-electron chi connectivity index (χ1n) is 14.3. The second-order valence-electron chi connectivity index (χ2n) is 10.7. The van der Waals surface area contributed by atoms with E-state index in [0.717, 1.165) is 46.2 Å². The Bertz CT molecular complexity index is 1760. The van der Waals surface area contributed by atoms with Crippen LogP contribution in [-0.2, 0) is 19.6 Å². The molecule has 0 N–H and O–H groups in total. The van der Waals surface area contributed by atoms with E-state index < -0.39 is 0 Å². The van der Waals surface area contributed by atoms with Gasteiger partial charge in [-0.05, 0) is 71.1 Å². The van der Waals surface area contributed by atoms with Crippen molar-refractivity contribution in [3.63, 3.8) is 0 Å². The summed E-state index contributed by atoms with van der Waals surface area (Å²) in [6.45, 7) is 4.88. The maximum atomic E-state index is 12.8. The van der Waals surface area contributed by atoms with Gasteiger partial charge in [0.2, 0.25) is 0 Å². The first kappa shape index (κ1) is 29.8. The third kappa shape index (κ3) is 6.92. The van der Waals surface area contributed by atoms with Crippen molar-refractivity contribution in [2.75, 3.05) is 36.0 Å². The number of rotatable bonds is 9. The van der Waals surface area contributed by atoms with Crippen molar-refractivity contribution < 1.29 is 4.79 Å². The van der Waals surface area contributed by atoms with Gasteiger partial charge in [0, 0.05) is 56.8 Å². The molecule has 1 aliphatic heterocycles. The predicted octanol–water partition coefficient (Wildman–Crippen LogP) is 7.34. The van der Waals surface area contributed by atoms with E-state index in [0.29, 0.717) is 48.3 Å². The van der Waals surface area contributed by atoms with Gasteiger partial charge in [0.05, 0.1) is 45.1 Å². The third-order valence-corrected chi connectivity index (χ3v) is 9.42. The molecular formula is C34H30Cl2N6OS. The molecular weight excluding hydrogens is 611 g/mol. The van der Waals surface area contributed by atoms with Gasteiger partial charge in [-0.25, -0.2) is 4.98 Å². The number of nitriles is 1. The number of nitrogens with zero attached hydrogens (tertiary/aromatic N) is 6. The monoisotopic (exact) mass is 640 g/mol. The highest BCUT2D eigenvalue weighted by molar-refractivity contribution is 7.12. The summed E-state index contributed by atoms with van der Waals surface area (Å²) in [4.78, 5) is 24.6. The number of imidazole rings is 1. The molecule has 3 aromatic carbocycles. The number of hydrogen-bond donors (Lipinski definition) is 0. The highest BCUT2D eigenvalue weighted by atomic mass is 35.5. The summed E-state index contributed by atoms with van der Waals surface area (Å²) < 4.78 is 2.13. The van der Waals surface area contributed by atoms with Crippen LogP contribution in [0.4, 0.5) is 11.4 Å². The van der Waals surface area contributed by atoms with Crippen LogP contribution in [0.3, 0.4) is 0 Å². The van der Waals surface area contributed by atoms with Gasteiger partial charge in [-0.2, -0.15) is 5.26 Å². The molecule has 6 rings (SSSR count). The van der Waals surface area contributed by atoms with Gasteiger partial charge in [0.15, 0.2) is 0 Å². The molecule has 0 atom stereocenters. The van der Waals surface area contributed by atoms with E-state index in [4.69, 9.17) is 28.5 Å². The summed E-state index contributed by atoms with van der Waals surface area (Å²) >= 11 is 14.1. The van der Waals surface area contributed by atoms with Gasteiger partial charge < -0.3 is 19.3 Å². The fourth-order valence-electron chi connectivity index (χ4n) is 5.39. The summed E-state index contributed by atoms with van der Waals surface area (Å²) in [5, 5.41) is 12.1. The summed E-state index contributed by atoms with van der Waals surface area (Å²) in [6, 6.07) is 28.0. The zero-order chi connectivity index (χ0) is 30.5. The van der Waals surface area contributed by atoms with Crippen LogP contribution < -0.4 is 9.80 Å². The van der Waals surface area contributed by atoms with Crippen molar-refractivity contribution in [3.8, 4) is 6.07 Å². The van der Waals surface area contributed by atoms with Gasteiger partial charge in [-0.15, -0.1) is 11.3 Å². The minimum Gasteiger partial charge on any atom is -0.368 e. The third-order valence-electron chi connectivity index (χ3n) is 7.82. The van der Waals surface area contributed by atoms with Crippen molar-refractivity contribution in [3.05, 3.63) is 134 Å². The van der Waals surface area contributed by atoms with E-state index >= 15 is 0 Å². The summed E-state index contributed by atoms with van der Waals surface area (Å²) in [5.74, 6) is 0.117. The van der Waals surface area contributed by atoms with Crippen LogP contribution >= 0.6 is 34.5 Å². The normalized spacial score (nSPS) is 13.1. The number of carbonyl (C=O) groups is 1. The lowest BCUT2D eigenvalue weighted by molar-refractivity contribution is 0.0751. The van der Waals surface area contributed by atoms with Crippen LogP contribution in [0.5, 0.6) is 0 Å². The summed E-state index contributed by atoms with van der Waals surface area (Å²) in [6.07, 6.45) is 3.74. The van der Waals surface area contributed by atoms with E-state index in [9.17, 15) is 4.79 Å². The molecule has 1 saturated heterocycles. The fraction of sp³-hybridized carbons (Fsp3) is 0.206. The molecule has 0 radical (unpaired) electrons. The molecule has 3 heterocycles. The Morgan fingerprint density at radius 2 is 1.66 bits per heavy atom. The SMILES string of the molecule is N#Cc1ccc(Cn2cncc2CN(Cc2ccc(Cl)c(Cl)c2)c2ccc(N3CCN(C(=O)c4cccs4)CC3)cc2)cc1. The van der Waals surface area contributed by atoms with Crippen molar-refractivity contribution >= 4 is 51.8 Å². The fourth-order valence-corrected chi connectivity index (χ4v) is 6.41. The van der Waals surface area contributed by atoms with Gasteiger partial charge in [-0.3, -0.25) is 4.79 Å². The first-order chi connectivity index (χ1) is 21.5. The molecule has 1 amide bonds. The second kappa shape index (κ2) is 13.6. The lowest BCUT2D eigenvalue weighted by Gasteiger charge is -2.36. The number of anilines is 2. The highest BCUT2D eigenvalue weighted by Gasteiger charge is 2.23. The first-order valence-corrected chi connectivity index (χ1v) is 15.9. The standard InChI is InChI=1S/C34H30Cl2N6OS/c35-31-12-7-27(18-32(31)36)22-41(23-30-20-38-24-42(30)21-26-5-3-25(19-37)4-6-26)29-10-8-28(9-11-29)39-13-15-40(16-14-39)34(43)33-2-1-17-44-33/h1-12,17-18,20,24H,13-16,21-23H2. The maximum absolute atomic E-state index is 12.8. The van der Waals surface area contributed by atoms with E-state index in [-0.39, 0.29) is 5.91 Å². The number of carbonyl (C=O) groups excluding carboxylic acids is 1. The van der Waals surface area contributed by atoms with Crippen molar-refractivity contribution in [1.29, 1.82) is 5.26 Å². The van der Waals surface area contributed by atoms with Crippen molar-refractivity contribution in [1.82, 2.24) is 14.5 Å². The van der Waals surface area contributed by atoms with Crippen molar-refractivity contribution in [2.45, 2.75) is 19.6 Å². The average Bonchev–Trinajstić information content (AvgIpc) is 3.76. The van der Waals surface area contributed by atoms with Crippen LogP contribution in [0.25, 0.3) is 0 Å². The Hall–Kier alpha value is -4.29. The lowest BCUT2D eigenvalue weighted by Crippen LogP contribution is -2.48. The number of aromatic nitrogens is 2. The van der Waals surface area contributed by atoms with Gasteiger partial charge in [-0.1, -0.05) is 47.5 Å². The molecule has 44 heavy (non-hydrogen) atoms. The van der Waals surface area contributed by atoms with Gasteiger partial charge >= 0.3 is 0 Å². The van der Waals surface area contributed by atoms with Gasteiger partial charge in [0.25, 0.3) is 5.91 Å². The molecule has 1 aliphatic rings. The summed E-state index contributed by atoms with van der Waals surface area (Å²) in [5.41, 5.74) is 6.05. The van der Waals surface area contributed by atoms with E-state index in [1.165, 1.54) is 11.3 Å². The number of thiophene rings is 1. The molecule has 0 spiro atoms. The minimum atomic E-state index is 0.117. The van der Waals surface area contributed by atoms with Gasteiger partial charge in [0.1, 0.15) is 0 Å². The zero-order valence-electron chi connectivity index (χ0n) is 23.9. The number of piperazine rings is 1. The highest BCUT2D eigenvalue weighted by Crippen LogP contribution is 2.28. The van der Waals surface area contributed by atoms with Crippen LogP contribution in [0.15, 0.2) is 96.8 Å². The predicted molar refractivity (Wildman–Crippen MR) is 178 cm³/mol. The van der Waals surface area contributed by atoms with Crippen LogP contribution in [0.1, 0.15) is 32.1 Å². The number of hydrogen-bond acceptors (Lipinski definition) is 6. The molecule has 222 valence electrons. The zero-order valence-corrected chi connectivity index (χ0v) is 26.3. The van der Waals surface area contributed by atoms with Crippen LogP contribution in [0.2, 0.25) is 10.0 Å². The maximum Gasteiger partial charge on any atom is 0.264 e. The van der Waals surface area contributed by atoms with Crippen LogP contribution in [-0.4, -0.2) is 46.5 Å². The molecule has 2 aromatic heterocycles.